The van der Waals surface area contributed by atoms with Crippen LogP contribution < -0.4 is 10.6 Å². The minimum Gasteiger partial charge on any atom is -0.376 e. The van der Waals surface area contributed by atoms with Gasteiger partial charge in [0, 0.05) is 24.9 Å². The maximum atomic E-state index is 11.0. The summed E-state index contributed by atoms with van der Waals surface area (Å²) in [5, 5.41) is 8.03. The number of ether oxygens (including phenoxy) is 1. The van der Waals surface area contributed by atoms with Crippen LogP contribution in [0, 0.1) is 0 Å². The van der Waals surface area contributed by atoms with Gasteiger partial charge in [-0.15, -0.1) is 17.9 Å². The summed E-state index contributed by atoms with van der Waals surface area (Å²) in [4.78, 5) is 12.1. The van der Waals surface area contributed by atoms with E-state index in [1.54, 1.807) is 17.4 Å². The fourth-order valence-electron chi connectivity index (χ4n) is 1.29. The normalized spacial score (nSPS) is 10.2. The highest BCUT2D eigenvalue weighted by Crippen LogP contribution is 2.21. The number of amides is 1. The predicted octanol–water partition coefficient (Wildman–Crippen LogP) is 2.00. The molecule has 94 valence electrons. The Bertz CT molecular complexity index is 363. The molecule has 1 aromatic heterocycles. The lowest BCUT2D eigenvalue weighted by Crippen LogP contribution is -2.19. The molecule has 1 amide bonds. The Balaban J connectivity index is 2.24. The van der Waals surface area contributed by atoms with E-state index in [4.69, 9.17) is 4.74 Å². The average molecular weight is 254 g/mol. The summed E-state index contributed by atoms with van der Waals surface area (Å²) in [6, 6.07) is 1.91. The van der Waals surface area contributed by atoms with Crippen LogP contribution in [0.5, 0.6) is 0 Å². The lowest BCUT2D eigenvalue weighted by Gasteiger charge is -2.06. The molecule has 4 nitrogen and oxygen atoms in total. The third kappa shape index (κ3) is 5.63. The first-order valence-electron chi connectivity index (χ1n) is 5.47. The van der Waals surface area contributed by atoms with Gasteiger partial charge in [0.25, 0.3) is 0 Å². The second kappa shape index (κ2) is 8.00. The molecule has 0 aliphatic carbocycles. The Hall–Kier alpha value is -1.17. The summed E-state index contributed by atoms with van der Waals surface area (Å²) < 4.78 is 5.25. The molecule has 0 bridgehead atoms. The Morgan fingerprint density at radius 1 is 1.65 bits per heavy atom. The van der Waals surface area contributed by atoms with Crippen molar-refractivity contribution in [3.63, 3.8) is 0 Å². The lowest BCUT2D eigenvalue weighted by molar-refractivity contribution is -0.114. The van der Waals surface area contributed by atoms with Crippen molar-refractivity contribution in [1.29, 1.82) is 0 Å². The third-order valence-corrected chi connectivity index (χ3v) is 2.92. The molecule has 0 atom stereocenters. The van der Waals surface area contributed by atoms with E-state index in [-0.39, 0.29) is 5.91 Å². The Morgan fingerprint density at radius 3 is 3.18 bits per heavy atom. The molecule has 0 aliphatic rings. The number of hydrogen-bond acceptors (Lipinski definition) is 4. The highest BCUT2D eigenvalue weighted by atomic mass is 32.1. The fraction of sp³-hybridized carbons (Fsp3) is 0.417. The number of rotatable bonds is 8. The van der Waals surface area contributed by atoms with Gasteiger partial charge in [-0.05, 0) is 11.4 Å². The van der Waals surface area contributed by atoms with Crippen LogP contribution in [0.15, 0.2) is 24.1 Å². The first kappa shape index (κ1) is 13.9. The Kier molecular flexibility index (Phi) is 6.54. The number of carbonyl (C=O) groups excluding carboxylic acids is 1. The van der Waals surface area contributed by atoms with Crippen LogP contribution in [-0.4, -0.2) is 25.7 Å². The average Bonchev–Trinajstić information content (AvgIpc) is 2.70. The topological polar surface area (TPSA) is 50.4 Å². The number of thiophene rings is 1. The zero-order valence-corrected chi connectivity index (χ0v) is 10.8. The van der Waals surface area contributed by atoms with Crippen LogP contribution >= 0.6 is 11.3 Å². The SMILES string of the molecule is C=CCOCCNCc1sccc1NC(C)=O. The number of hydrogen-bond donors (Lipinski definition) is 2. The van der Waals surface area contributed by atoms with Gasteiger partial charge >= 0.3 is 0 Å². The van der Waals surface area contributed by atoms with Crippen molar-refractivity contribution in [2.75, 3.05) is 25.1 Å². The molecule has 0 aromatic carbocycles. The van der Waals surface area contributed by atoms with Crippen LogP contribution in [0.2, 0.25) is 0 Å². The van der Waals surface area contributed by atoms with Crippen molar-refractivity contribution < 1.29 is 9.53 Å². The monoisotopic (exact) mass is 254 g/mol. The summed E-state index contributed by atoms with van der Waals surface area (Å²) in [7, 11) is 0. The summed E-state index contributed by atoms with van der Waals surface area (Å²) in [5.41, 5.74) is 0.891. The van der Waals surface area contributed by atoms with Gasteiger partial charge < -0.3 is 15.4 Å². The molecule has 5 heteroatoms. The van der Waals surface area contributed by atoms with Crippen LogP contribution in [0.4, 0.5) is 5.69 Å². The van der Waals surface area contributed by atoms with E-state index in [0.29, 0.717) is 13.2 Å². The fourth-order valence-corrected chi connectivity index (χ4v) is 2.09. The van der Waals surface area contributed by atoms with E-state index >= 15 is 0 Å². The third-order valence-electron chi connectivity index (χ3n) is 2.00. The van der Waals surface area contributed by atoms with Crippen LogP contribution in [0.1, 0.15) is 11.8 Å². The van der Waals surface area contributed by atoms with Gasteiger partial charge in [0.1, 0.15) is 0 Å². The first-order chi connectivity index (χ1) is 8.24. The van der Waals surface area contributed by atoms with Gasteiger partial charge in [-0.3, -0.25) is 4.79 Å². The molecule has 0 unspecified atom stereocenters. The second-order valence-corrected chi connectivity index (χ2v) is 4.48. The van der Waals surface area contributed by atoms with E-state index in [2.05, 4.69) is 17.2 Å². The van der Waals surface area contributed by atoms with Crippen molar-refractivity contribution in [1.82, 2.24) is 5.32 Å². The summed E-state index contributed by atoms with van der Waals surface area (Å²) in [5.74, 6) is -0.0426. The van der Waals surface area contributed by atoms with E-state index in [1.165, 1.54) is 6.92 Å². The zero-order chi connectivity index (χ0) is 12.5. The zero-order valence-electron chi connectivity index (χ0n) is 9.99. The molecule has 1 heterocycles. The maximum absolute atomic E-state index is 11.0. The quantitative estimate of drug-likeness (QED) is 0.551. The predicted molar refractivity (Wildman–Crippen MR) is 71.3 cm³/mol. The summed E-state index contributed by atoms with van der Waals surface area (Å²) in [6.45, 7) is 7.85. The Labute approximate surface area is 106 Å². The molecule has 1 aromatic rings. The van der Waals surface area contributed by atoms with Gasteiger partial charge in [0.2, 0.25) is 5.91 Å². The first-order valence-corrected chi connectivity index (χ1v) is 6.35. The lowest BCUT2D eigenvalue weighted by atomic mass is 10.3. The van der Waals surface area contributed by atoms with Gasteiger partial charge in [-0.1, -0.05) is 6.08 Å². The van der Waals surface area contributed by atoms with Crippen molar-refractivity contribution in [3.8, 4) is 0 Å². The molecule has 0 aliphatic heterocycles. The summed E-state index contributed by atoms with van der Waals surface area (Å²) in [6.07, 6.45) is 1.73. The van der Waals surface area contributed by atoms with Gasteiger partial charge in [-0.2, -0.15) is 0 Å². The molecular weight excluding hydrogens is 236 g/mol. The van der Waals surface area contributed by atoms with Crippen molar-refractivity contribution in [2.24, 2.45) is 0 Å². The molecular formula is C12H18N2O2S. The van der Waals surface area contributed by atoms with E-state index in [1.807, 2.05) is 11.4 Å². The standard InChI is InChI=1S/C12H18N2O2S/c1-3-6-16-7-5-13-9-12-11(4-8-17-12)14-10(2)15/h3-4,8,13H,1,5-7,9H2,2H3,(H,14,15). The van der Waals surface area contributed by atoms with Crippen molar-refractivity contribution in [2.45, 2.75) is 13.5 Å². The minimum atomic E-state index is -0.0426. The molecule has 0 saturated carbocycles. The van der Waals surface area contributed by atoms with Crippen molar-refractivity contribution in [3.05, 3.63) is 29.0 Å². The highest BCUT2D eigenvalue weighted by Gasteiger charge is 2.04. The molecule has 2 N–H and O–H groups in total. The number of nitrogens with one attached hydrogen (secondary N) is 2. The number of anilines is 1. The molecule has 17 heavy (non-hydrogen) atoms. The smallest absolute Gasteiger partial charge is 0.221 e. The summed E-state index contributed by atoms with van der Waals surface area (Å²) >= 11 is 1.63. The molecule has 1 rings (SSSR count). The Morgan fingerprint density at radius 2 is 2.47 bits per heavy atom. The van der Waals surface area contributed by atoms with Gasteiger partial charge in [0.15, 0.2) is 0 Å². The van der Waals surface area contributed by atoms with Gasteiger partial charge in [-0.25, -0.2) is 0 Å². The minimum absolute atomic E-state index is 0.0426. The number of carbonyl (C=O) groups is 1. The van der Waals surface area contributed by atoms with Crippen molar-refractivity contribution >= 4 is 22.9 Å². The second-order valence-electron chi connectivity index (χ2n) is 3.48. The van der Waals surface area contributed by atoms with Gasteiger partial charge in [0.05, 0.1) is 18.9 Å². The molecule has 0 fully saturated rings. The maximum Gasteiger partial charge on any atom is 0.221 e. The highest BCUT2D eigenvalue weighted by molar-refractivity contribution is 7.10. The molecule has 0 radical (unpaired) electrons. The van der Waals surface area contributed by atoms with E-state index in [9.17, 15) is 4.79 Å². The molecule has 0 saturated heterocycles. The van der Waals surface area contributed by atoms with E-state index in [0.717, 1.165) is 23.7 Å². The van der Waals surface area contributed by atoms with Crippen LogP contribution in [0.3, 0.4) is 0 Å². The van der Waals surface area contributed by atoms with E-state index < -0.39 is 0 Å². The van der Waals surface area contributed by atoms with Crippen LogP contribution in [-0.2, 0) is 16.1 Å². The largest absolute Gasteiger partial charge is 0.376 e. The molecule has 0 spiro atoms. The van der Waals surface area contributed by atoms with Crippen LogP contribution in [0.25, 0.3) is 0 Å².